The molecule has 0 aromatic heterocycles. The van der Waals surface area contributed by atoms with Crippen molar-refractivity contribution in [3.63, 3.8) is 0 Å². The highest BCUT2D eigenvalue weighted by Crippen LogP contribution is 2.30. The number of amides is 1. The number of benzene rings is 1. The smallest absolute Gasteiger partial charge is 0.282 e. The van der Waals surface area contributed by atoms with E-state index in [1.807, 2.05) is 44.2 Å². The van der Waals surface area contributed by atoms with Crippen molar-refractivity contribution in [3.8, 4) is 0 Å². The minimum atomic E-state index is -0.386. The fraction of sp³-hybridized carbons (Fsp3) is 0.200. The van der Waals surface area contributed by atoms with E-state index in [-0.39, 0.29) is 23.2 Å². The molecule has 0 unspecified atom stereocenters. The number of rotatable bonds is 2. The highest BCUT2D eigenvalue weighted by atomic mass is 32.2. The second-order valence-corrected chi connectivity index (χ2v) is 6.01. The molecule has 5 nitrogen and oxygen atoms in total. The van der Waals surface area contributed by atoms with Gasteiger partial charge in [-0.25, -0.2) is 0 Å². The number of hydrazone groups is 1. The molecule has 0 atom stereocenters. The Morgan fingerprint density at radius 1 is 1.29 bits per heavy atom. The molecule has 0 aliphatic carbocycles. The van der Waals surface area contributed by atoms with E-state index in [2.05, 4.69) is 10.1 Å². The van der Waals surface area contributed by atoms with Gasteiger partial charge in [-0.05, 0) is 23.4 Å². The van der Waals surface area contributed by atoms with Gasteiger partial charge in [0, 0.05) is 5.92 Å². The number of fused-ring (bicyclic) bond motifs is 1. The summed E-state index contributed by atoms with van der Waals surface area (Å²) in [6, 6.07) is 9.45. The van der Waals surface area contributed by atoms with Gasteiger partial charge in [0.1, 0.15) is 5.04 Å². The average Bonchev–Trinajstić information content (AvgIpc) is 2.89. The van der Waals surface area contributed by atoms with Crippen LogP contribution in [0.25, 0.3) is 6.08 Å². The number of nitrogens with one attached hydrogen (secondary N) is 1. The zero-order valence-corrected chi connectivity index (χ0v) is 12.5. The number of carbonyl (C=O) groups is 1. The molecule has 0 fully saturated rings. The van der Waals surface area contributed by atoms with E-state index >= 15 is 0 Å². The number of hydrogen-bond donors (Lipinski definition) is 1. The fourth-order valence-electron chi connectivity index (χ4n) is 1.96. The van der Waals surface area contributed by atoms with Crippen LogP contribution in [0, 0.1) is 11.3 Å². The van der Waals surface area contributed by atoms with Gasteiger partial charge in [-0.15, -0.1) is 0 Å². The van der Waals surface area contributed by atoms with Crippen LogP contribution in [0.5, 0.6) is 0 Å². The van der Waals surface area contributed by atoms with Crippen LogP contribution in [-0.2, 0) is 4.79 Å². The number of amidine groups is 2. The maximum atomic E-state index is 12.1. The van der Waals surface area contributed by atoms with Gasteiger partial charge < -0.3 is 0 Å². The second-order valence-electron chi connectivity index (χ2n) is 5.02. The molecule has 2 aliphatic heterocycles. The van der Waals surface area contributed by atoms with Crippen molar-refractivity contribution in [1.82, 2.24) is 5.01 Å². The van der Waals surface area contributed by atoms with E-state index in [0.717, 1.165) is 10.6 Å². The van der Waals surface area contributed by atoms with Gasteiger partial charge in [0.25, 0.3) is 5.91 Å². The van der Waals surface area contributed by atoms with Crippen LogP contribution in [0.1, 0.15) is 19.4 Å². The lowest BCUT2D eigenvalue weighted by atomic mass is 10.1. The first-order valence-corrected chi connectivity index (χ1v) is 7.43. The lowest BCUT2D eigenvalue weighted by molar-refractivity contribution is -0.114. The summed E-state index contributed by atoms with van der Waals surface area (Å²) >= 11 is 1.36. The number of nitrogens with zero attached hydrogens (tertiary/aromatic N) is 3. The number of aliphatic imine (C=N–C) groups is 1. The molecule has 2 heterocycles. The van der Waals surface area contributed by atoms with Crippen LogP contribution in [0.15, 0.2) is 46.0 Å². The first-order valence-electron chi connectivity index (χ1n) is 6.61. The Balaban J connectivity index is 1.98. The van der Waals surface area contributed by atoms with Crippen molar-refractivity contribution in [2.45, 2.75) is 13.8 Å². The zero-order chi connectivity index (χ0) is 15.0. The molecule has 0 spiro atoms. The summed E-state index contributed by atoms with van der Waals surface area (Å²) in [7, 11) is 0. The van der Waals surface area contributed by atoms with Crippen molar-refractivity contribution in [1.29, 1.82) is 5.41 Å². The van der Waals surface area contributed by atoms with Crippen molar-refractivity contribution in [2.24, 2.45) is 16.0 Å². The molecule has 2 aliphatic rings. The average molecular weight is 298 g/mol. The van der Waals surface area contributed by atoms with E-state index in [4.69, 9.17) is 5.41 Å². The Labute approximate surface area is 127 Å². The summed E-state index contributed by atoms with van der Waals surface area (Å²) in [4.78, 5) is 16.2. The summed E-state index contributed by atoms with van der Waals surface area (Å²) in [5.41, 5.74) is 1.13. The monoisotopic (exact) mass is 298 g/mol. The predicted molar refractivity (Wildman–Crippen MR) is 86.3 cm³/mol. The molecule has 0 radical (unpaired) electrons. The lowest BCUT2D eigenvalue weighted by Gasteiger charge is -2.20. The van der Waals surface area contributed by atoms with E-state index < -0.39 is 0 Å². The highest BCUT2D eigenvalue weighted by molar-refractivity contribution is 8.27. The van der Waals surface area contributed by atoms with Crippen LogP contribution < -0.4 is 0 Å². The zero-order valence-electron chi connectivity index (χ0n) is 11.7. The quantitative estimate of drug-likeness (QED) is 0.853. The largest absolute Gasteiger partial charge is 0.283 e. The van der Waals surface area contributed by atoms with Crippen molar-refractivity contribution < 1.29 is 4.79 Å². The van der Waals surface area contributed by atoms with Crippen molar-refractivity contribution >= 4 is 39.8 Å². The van der Waals surface area contributed by atoms with Gasteiger partial charge in [0.15, 0.2) is 5.84 Å². The van der Waals surface area contributed by atoms with Crippen LogP contribution in [-0.4, -0.2) is 27.0 Å². The molecule has 106 valence electrons. The topological polar surface area (TPSA) is 68.9 Å². The Hall–Kier alpha value is -2.21. The summed E-state index contributed by atoms with van der Waals surface area (Å²) in [6.45, 7) is 4.05. The predicted octanol–water partition coefficient (Wildman–Crippen LogP) is 2.96. The Morgan fingerprint density at radius 2 is 2.00 bits per heavy atom. The molecule has 21 heavy (non-hydrogen) atoms. The van der Waals surface area contributed by atoms with E-state index in [1.54, 1.807) is 6.08 Å². The summed E-state index contributed by atoms with van der Waals surface area (Å²) in [6.07, 6.45) is 1.68. The number of thioether (sulfide) groups is 1. The third-order valence-corrected chi connectivity index (χ3v) is 4.28. The van der Waals surface area contributed by atoms with Crippen molar-refractivity contribution in [3.05, 3.63) is 41.5 Å². The third-order valence-electron chi connectivity index (χ3n) is 3.07. The second kappa shape index (κ2) is 5.29. The molecule has 3 rings (SSSR count). The normalized spacial score (nSPS) is 20.0. The molecule has 0 saturated heterocycles. The highest BCUT2D eigenvalue weighted by Gasteiger charge is 2.36. The fourth-order valence-corrected chi connectivity index (χ4v) is 2.85. The maximum absolute atomic E-state index is 12.1. The van der Waals surface area contributed by atoms with Crippen LogP contribution in [0.2, 0.25) is 0 Å². The first-order chi connectivity index (χ1) is 10.1. The standard InChI is InChI=1S/C15H14N4OS/c1-9(2)14-18-19-12(16)11(13(20)17-15(19)21-14)8-10-6-4-3-5-7-10/h3-9,16H,1-2H3/b11-8-,16-12?. The van der Waals surface area contributed by atoms with Crippen molar-refractivity contribution in [2.75, 3.05) is 0 Å². The molecular weight excluding hydrogens is 284 g/mol. The van der Waals surface area contributed by atoms with E-state index in [0.29, 0.717) is 5.17 Å². The third kappa shape index (κ3) is 2.54. The molecule has 6 heteroatoms. The van der Waals surface area contributed by atoms with E-state index in [1.165, 1.54) is 16.8 Å². The van der Waals surface area contributed by atoms with Gasteiger partial charge in [-0.2, -0.15) is 15.1 Å². The van der Waals surface area contributed by atoms with Gasteiger partial charge in [0.2, 0.25) is 5.17 Å². The lowest BCUT2D eigenvalue weighted by Crippen LogP contribution is -2.35. The van der Waals surface area contributed by atoms with Gasteiger partial charge in [0.05, 0.1) is 5.57 Å². The van der Waals surface area contributed by atoms with Crippen LogP contribution >= 0.6 is 11.8 Å². The van der Waals surface area contributed by atoms with E-state index in [9.17, 15) is 4.79 Å². The summed E-state index contributed by atoms with van der Waals surface area (Å²) in [5, 5.41) is 15.4. The molecule has 1 aromatic rings. The number of hydrogen-bond acceptors (Lipinski definition) is 4. The van der Waals surface area contributed by atoms with Crippen LogP contribution in [0.4, 0.5) is 0 Å². The van der Waals surface area contributed by atoms with Gasteiger partial charge >= 0.3 is 0 Å². The Morgan fingerprint density at radius 3 is 2.67 bits per heavy atom. The molecule has 1 N–H and O–H groups in total. The first kappa shape index (κ1) is 13.8. The Kier molecular flexibility index (Phi) is 3.47. The molecule has 1 aromatic carbocycles. The molecular formula is C15H14N4OS. The van der Waals surface area contributed by atoms with Gasteiger partial charge in [-0.1, -0.05) is 44.2 Å². The maximum Gasteiger partial charge on any atom is 0.283 e. The molecule has 0 saturated carbocycles. The summed E-state index contributed by atoms with van der Waals surface area (Å²) < 4.78 is 0. The Bertz CT molecular complexity index is 704. The minimum absolute atomic E-state index is 0.0806. The van der Waals surface area contributed by atoms with Crippen LogP contribution in [0.3, 0.4) is 0 Å². The molecule has 1 amide bonds. The minimum Gasteiger partial charge on any atom is -0.282 e. The molecule has 0 bridgehead atoms. The number of carbonyl (C=O) groups excluding carboxylic acids is 1. The van der Waals surface area contributed by atoms with Gasteiger partial charge in [-0.3, -0.25) is 10.2 Å². The summed E-state index contributed by atoms with van der Waals surface area (Å²) in [5.74, 6) is -0.0624. The SMILES string of the molecule is CC(C)C1=NN2C(=N)/C(=C/c3ccccc3)C(=O)N=C2S1.